The van der Waals surface area contributed by atoms with E-state index in [-0.39, 0.29) is 11.4 Å². The van der Waals surface area contributed by atoms with E-state index in [4.69, 9.17) is 15.2 Å². The van der Waals surface area contributed by atoms with Crippen molar-refractivity contribution < 1.29 is 19.4 Å². The topological polar surface area (TPSA) is 112 Å². The molecule has 0 fully saturated rings. The first kappa shape index (κ1) is 16.6. The Hall–Kier alpha value is -3.29. The van der Waals surface area contributed by atoms with Crippen molar-refractivity contribution in [3.63, 3.8) is 0 Å². The van der Waals surface area contributed by atoms with Crippen molar-refractivity contribution in [3.8, 4) is 0 Å². The lowest BCUT2D eigenvalue weighted by Gasteiger charge is -2.30. The van der Waals surface area contributed by atoms with Crippen LogP contribution < -0.4 is 5.73 Å². The summed E-state index contributed by atoms with van der Waals surface area (Å²) in [5.41, 5.74) is 6.60. The predicted octanol–water partition coefficient (Wildman–Crippen LogP) is 2.00. The number of nitrogens with two attached hydrogens (primary N) is 1. The summed E-state index contributed by atoms with van der Waals surface area (Å²) in [5, 5.41) is 14.2. The van der Waals surface area contributed by atoms with E-state index in [1.165, 1.54) is 13.8 Å². The quantitative estimate of drug-likeness (QED) is 0.499. The molecule has 0 bridgehead atoms. The van der Waals surface area contributed by atoms with Crippen LogP contribution in [0.25, 0.3) is 0 Å². The van der Waals surface area contributed by atoms with Gasteiger partial charge in [-0.1, -0.05) is 30.3 Å². The second-order valence-electron chi connectivity index (χ2n) is 5.90. The molecular formula is C17H18N4O4. The van der Waals surface area contributed by atoms with Crippen LogP contribution in [0.15, 0.2) is 59.1 Å². The Kier molecular flexibility index (Phi) is 4.18. The average Bonchev–Trinajstić information content (AvgIpc) is 2.93. The number of aromatic nitrogens is 2. The largest absolute Gasteiger partial charge is 0.480 e. The van der Waals surface area contributed by atoms with Crippen LogP contribution in [0, 0.1) is 0 Å². The van der Waals surface area contributed by atoms with Crippen LogP contribution in [0.4, 0.5) is 5.82 Å². The summed E-state index contributed by atoms with van der Waals surface area (Å²) < 4.78 is 11.8. The monoisotopic (exact) mass is 342 g/mol. The Bertz CT molecular complexity index is 853. The first-order chi connectivity index (χ1) is 11.9. The van der Waals surface area contributed by atoms with E-state index in [9.17, 15) is 9.90 Å². The molecule has 1 aromatic carbocycles. The molecule has 0 saturated carbocycles. The van der Waals surface area contributed by atoms with Crippen molar-refractivity contribution in [1.82, 2.24) is 9.78 Å². The fourth-order valence-corrected chi connectivity index (χ4v) is 2.36. The van der Waals surface area contributed by atoms with Crippen LogP contribution in [0.1, 0.15) is 19.4 Å². The molecule has 8 nitrogen and oxygen atoms in total. The third-order valence-corrected chi connectivity index (χ3v) is 3.46. The van der Waals surface area contributed by atoms with Gasteiger partial charge in [0, 0.05) is 19.9 Å². The summed E-state index contributed by atoms with van der Waals surface area (Å²) in [6.07, 6.45) is 1.57. The van der Waals surface area contributed by atoms with Gasteiger partial charge in [0.1, 0.15) is 5.84 Å². The van der Waals surface area contributed by atoms with Gasteiger partial charge in [0.2, 0.25) is 0 Å². The number of cyclic esters (lactones) is 1. The van der Waals surface area contributed by atoms with Crippen molar-refractivity contribution in [2.75, 3.05) is 0 Å². The number of carbonyl (C=O) groups excluding carboxylic acids is 1. The highest BCUT2D eigenvalue weighted by Crippen LogP contribution is 2.26. The summed E-state index contributed by atoms with van der Waals surface area (Å²) in [4.78, 5) is 16.2. The summed E-state index contributed by atoms with van der Waals surface area (Å²) in [7, 11) is 0. The lowest BCUT2D eigenvalue weighted by atomic mass is 10.2. The number of aliphatic hydroxyl groups is 1. The number of esters is 1. The molecule has 0 saturated heterocycles. The molecule has 130 valence electrons. The van der Waals surface area contributed by atoms with Gasteiger partial charge in [-0.15, -0.1) is 0 Å². The van der Waals surface area contributed by atoms with E-state index in [0.717, 1.165) is 5.56 Å². The fraction of sp³-hybridized carbons (Fsp3) is 0.235. The second-order valence-corrected chi connectivity index (χ2v) is 5.90. The number of aliphatic hydroxyl groups excluding tert-OH is 1. The van der Waals surface area contributed by atoms with Gasteiger partial charge in [0.25, 0.3) is 11.7 Å². The zero-order chi connectivity index (χ0) is 18.0. The van der Waals surface area contributed by atoms with Gasteiger partial charge in [-0.3, -0.25) is 0 Å². The summed E-state index contributed by atoms with van der Waals surface area (Å²) >= 11 is 0. The average molecular weight is 342 g/mol. The van der Waals surface area contributed by atoms with Gasteiger partial charge in [-0.2, -0.15) is 5.10 Å². The highest BCUT2D eigenvalue weighted by Gasteiger charge is 2.38. The molecule has 25 heavy (non-hydrogen) atoms. The van der Waals surface area contributed by atoms with Crippen molar-refractivity contribution in [2.24, 2.45) is 10.7 Å². The number of nitrogens with zero attached hydrogens (tertiary/aromatic N) is 3. The standard InChI is InChI=1S/C17H18N4O4/c1-17(2)24-15(22)13(16(23)25-17)14(18)20-12-8-9-19-21(12)10-11-6-4-3-5-7-11/h3-9,22H,10H2,1-2H3,(H2,18,20). The molecule has 1 aliphatic rings. The molecule has 2 heterocycles. The zero-order valence-electron chi connectivity index (χ0n) is 13.8. The van der Waals surface area contributed by atoms with Crippen LogP contribution in [0.5, 0.6) is 0 Å². The summed E-state index contributed by atoms with van der Waals surface area (Å²) in [6, 6.07) is 11.3. The molecule has 3 N–H and O–H groups in total. The number of amidine groups is 1. The molecule has 8 heteroatoms. The fourth-order valence-electron chi connectivity index (χ4n) is 2.36. The number of benzene rings is 1. The number of ether oxygens (including phenoxy) is 2. The number of hydrogen-bond donors (Lipinski definition) is 2. The van der Waals surface area contributed by atoms with Crippen molar-refractivity contribution in [1.29, 1.82) is 0 Å². The Morgan fingerprint density at radius 3 is 2.68 bits per heavy atom. The van der Waals surface area contributed by atoms with Gasteiger partial charge in [-0.25, -0.2) is 14.5 Å². The highest BCUT2D eigenvalue weighted by molar-refractivity contribution is 6.19. The van der Waals surface area contributed by atoms with Gasteiger partial charge in [0.15, 0.2) is 11.4 Å². The Labute approximate surface area is 144 Å². The summed E-state index contributed by atoms with van der Waals surface area (Å²) in [6.45, 7) is 3.49. The second kappa shape index (κ2) is 6.31. The summed E-state index contributed by atoms with van der Waals surface area (Å²) in [5.74, 6) is -2.46. The maximum absolute atomic E-state index is 12.1. The van der Waals surface area contributed by atoms with Crippen LogP contribution in [-0.4, -0.2) is 32.5 Å². The molecule has 1 aromatic heterocycles. The lowest BCUT2D eigenvalue weighted by Crippen LogP contribution is -2.40. The van der Waals surface area contributed by atoms with Gasteiger partial charge in [0.05, 0.1) is 12.7 Å². The smallest absolute Gasteiger partial charge is 0.352 e. The molecule has 0 unspecified atom stereocenters. The van der Waals surface area contributed by atoms with E-state index in [1.54, 1.807) is 16.9 Å². The maximum atomic E-state index is 12.1. The third-order valence-electron chi connectivity index (χ3n) is 3.46. The first-order valence-corrected chi connectivity index (χ1v) is 7.61. The lowest BCUT2D eigenvalue weighted by molar-refractivity contribution is -0.220. The molecule has 0 radical (unpaired) electrons. The number of carbonyl (C=O) groups is 1. The molecule has 1 aliphatic heterocycles. The molecular weight excluding hydrogens is 324 g/mol. The maximum Gasteiger partial charge on any atom is 0.352 e. The Morgan fingerprint density at radius 1 is 1.28 bits per heavy atom. The van der Waals surface area contributed by atoms with Gasteiger partial charge < -0.3 is 20.3 Å². The third kappa shape index (κ3) is 3.63. The first-order valence-electron chi connectivity index (χ1n) is 7.61. The molecule has 0 spiro atoms. The van der Waals surface area contributed by atoms with E-state index in [2.05, 4.69) is 10.1 Å². The molecule has 0 aliphatic carbocycles. The number of aliphatic imine (C=N–C) groups is 1. The van der Waals surface area contributed by atoms with Crippen molar-refractivity contribution in [2.45, 2.75) is 26.2 Å². The van der Waals surface area contributed by atoms with Gasteiger partial charge in [-0.05, 0) is 5.56 Å². The van der Waals surface area contributed by atoms with Crippen LogP contribution in [0.2, 0.25) is 0 Å². The SMILES string of the molecule is CC1(C)OC(=O)C(C(N)=Nc2ccnn2Cc2ccccc2)=C(O)O1. The molecule has 0 atom stereocenters. The minimum absolute atomic E-state index is 0.215. The van der Waals surface area contributed by atoms with Gasteiger partial charge >= 0.3 is 5.97 Å². The van der Waals surface area contributed by atoms with Crippen molar-refractivity contribution in [3.05, 3.63) is 59.7 Å². The zero-order valence-corrected chi connectivity index (χ0v) is 13.8. The highest BCUT2D eigenvalue weighted by atomic mass is 16.8. The normalized spacial score (nSPS) is 17.2. The molecule has 0 amide bonds. The molecule has 2 aromatic rings. The van der Waals surface area contributed by atoms with Crippen LogP contribution in [0.3, 0.4) is 0 Å². The Balaban J connectivity index is 1.89. The number of rotatable bonds is 4. The van der Waals surface area contributed by atoms with Crippen LogP contribution >= 0.6 is 0 Å². The van der Waals surface area contributed by atoms with Crippen LogP contribution in [-0.2, 0) is 20.8 Å². The minimum Gasteiger partial charge on any atom is -0.480 e. The Morgan fingerprint density at radius 2 is 2.00 bits per heavy atom. The number of hydrogen-bond acceptors (Lipinski definition) is 6. The van der Waals surface area contributed by atoms with E-state index in [1.807, 2.05) is 30.3 Å². The predicted molar refractivity (Wildman–Crippen MR) is 90.0 cm³/mol. The van der Waals surface area contributed by atoms with Crippen molar-refractivity contribution >= 4 is 17.6 Å². The molecule has 3 rings (SSSR count). The van der Waals surface area contributed by atoms with E-state index >= 15 is 0 Å². The van der Waals surface area contributed by atoms with E-state index < -0.39 is 17.7 Å². The van der Waals surface area contributed by atoms with E-state index in [0.29, 0.717) is 12.4 Å². The minimum atomic E-state index is -1.26.